The summed E-state index contributed by atoms with van der Waals surface area (Å²) in [6, 6.07) is 6.56. The Morgan fingerprint density at radius 2 is 1.84 bits per heavy atom. The van der Waals surface area contributed by atoms with Gasteiger partial charge in [-0.2, -0.15) is 0 Å². The first-order chi connectivity index (χ1) is 8.99. The van der Waals surface area contributed by atoms with Gasteiger partial charge in [0.2, 0.25) is 0 Å². The van der Waals surface area contributed by atoms with Crippen LogP contribution in [0, 0.1) is 18.6 Å². The van der Waals surface area contributed by atoms with E-state index in [0.29, 0.717) is 11.1 Å². The van der Waals surface area contributed by atoms with Gasteiger partial charge in [0.05, 0.1) is 0 Å². The standard InChI is InChI=1S/C14H13F2NO2/c1-8-2-5-11(15)14(13(8)16)17-7-9-3-4-10(18)6-12(9)19/h2-6,17-19H,7H2,1H3. The summed E-state index contributed by atoms with van der Waals surface area (Å²) in [7, 11) is 0. The largest absolute Gasteiger partial charge is 0.508 e. The van der Waals surface area contributed by atoms with Gasteiger partial charge in [0, 0.05) is 18.2 Å². The van der Waals surface area contributed by atoms with Gasteiger partial charge in [-0.25, -0.2) is 8.78 Å². The number of phenols is 2. The normalized spacial score (nSPS) is 10.5. The Bertz CT molecular complexity index is 615. The van der Waals surface area contributed by atoms with Crippen molar-refractivity contribution in [2.24, 2.45) is 0 Å². The Morgan fingerprint density at radius 3 is 2.53 bits per heavy atom. The monoisotopic (exact) mass is 265 g/mol. The SMILES string of the molecule is Cc1ccc(F)c(NCc2ccc(O)cc2O)c1F. The molecule has 0 aliphatic rings. The third kappa shape index (κ3) is 2.76. The number of anilines is 1. The van der Waals surface area contributed by atoms with Gasteiger partial charge in [0.15, 0.2) is 5.82 Å². The first kappa shape index (κ1) is 13.1. The predicted molar refractivity (Wildman–Crippen MR) is 68.2 cm³/mol. The summed E-state index contributed by atoms with van der Waals surface area (Å²) in [4.78, 5) is 0. The van der Waals surface area contributed by atoms with Crippen LogP contribution in [0.2, 0.25) is 0 Å². The summed E-state index contributed by atoms with van der Waals surface area (Å²) in [6.07, 6.45) is 0. The highest BCUT2D eigenvalue weighted by Gasteiger charge is 2.11. The maximum atomic E-state index is 13.7. The number of hydrogen-bond acceptors (Lipinski definition) is 3. The van der Waals surface area contributed by atoms with Gasteiger partial charge in [-0.15, -0.1) is 0 Å². The second kappa shape index (κ2) is 5.14. The van der Waals surface area contributed by atoms with Gasteiger partial charge in [-0.1, -0.05) is 6.07 Å². The van der Waals surface area contributed by atoms with E-state index in [2.05, 4.69) is 5.32 Å². The minimum absolute atomic E-state index is 0.0450. The Labute approximate surface area is 109 Å². The molecule has 3 nitrogen and oxygen atoms in total. The molecule has 0 atom stereocenters. The highest BCUT2D eigenvalue weighted by molar-refractivity contribution is 5.50. The summed E-state index contributed by atoms with van der Waals surface area (Å²) in [5.41, 5.74) is 0.532. The minimum atomic E-state index is -0.693. The van der Waals surface area contributed by atoms with Gasteiger partial charge >= 0.3 is 0 Å². The van der Waals surface area contributed by atoms with E-state index in [9.17, 15) is 13.9 Å². The van der Waals surface area contributed by atoms with Gasteiger partial charge in [0.1, 0.15) is 23.0 Å². The van der Waals surface area contributed by atoms with Crippen molar-refractivity contribution in [3.8, 4) is 11.5 Å². The molecule has 0 aromatic heterocycles. The molecule has 2 aromatic carbocycles. The second-order valence-corrected chi connectivity index (χ2v) is 4.22. The van der Waals surface area contributed by atoms with Crippen molar-refractivity contribution in [2.45, 2.75) is 13.5 Å². The topological polar surface area (TPSA) is 52.5 Å². The molecule has 2 rings (SSSR count). The second-order valence-electron chi connectivity index (χ2n) is 4.22. The Kier molecular flexibility index (Phi) is 3.55. The highest BCUT2D eigenvalue weighted by atomic mass is 19.1. The Hall–Kier alpha value is -2.30. The van der Waals surface area contributed by atoms with Crippen LogP contribution in [0.3, 0.4) is 0 Å². The predicted octanol–water partition coefficient (Wildman–Crippen LogP) is 3.30. The van der Waals surface area contributed by atoms with Crippen LogP contribution < -0.4 is 5.32 Å². The molecule has 19 heavy (non-hydrogen) atoms. The number of benzene rings is 2. The van der Waals surface area contributed by atoms with E-state index in [-0.39, 0.29) is 23.7 Å². The molecule has 100 valence electrons. The molecule has 5 heteroatoms. The number of aryl methyl sites for hydroxylation is 1. The molecule has 0 aliphatic carbocycles. The third-order valence-electron chi connectivity index (χ3n) is 2.81. The minimum Gasteiger partial charge on any atom is -0.508 e. The van der Waals surface area contributed by atoms with E-state index in [1.807, 2.05) is 0 Å². The lowest BCUT2D eigenvalue weighted by atomic mass is 10.1. The lowest BCUT2D eigenvalue weighted by molar-refractivity contribution is 0.446. The average Bonchev–Trinajstić information content (AvgIpc) is 2.36. The van der Waals surface area contributed by atoms with Crippen molar-refractivity contribution < 1.29 is 19.0 Å². The van der Waals surface area contributed by atoms with E-state index in [0.717, 1.165) is 0 Å². The molecule has 0 amide bonds. The quantitative estimate of drug-likeness (QED) is 0.798. The summed E-state index contributed by atoms with van der Waals surface area (Å²) >= 11 is 0. The van der Waals surface area contributed by atoms with E-state index in [1.54, 1.807) is 0 Å². The molecule has 0 aliphatic heterocycles. The van der Waals surface area contributed by atoms with Crippen LogP contribution in [0.25, 0.3) is 0 Å². The molecule has 2 aromatic rings. The molecule has 0 bridgehead atoms. The van der Waals surface area contributed by atoms with Crippen molar-refractivity contribution in [2.75, 3.05) is 5.32 Å². The van der Waals surface area contributed by atoms with Crippen molar-refractivity contribution >= 4 is 5.69 Å². The van der Waals surface area contributed by atoms with E-state index in [1.165, 1.54) is 37.3 Å². The van der Waals surface area contributed by atoms with Crippen LogP contribution in [0.4, 0.5) is 14.5 Å². The smallest absolute Gasteiger partial charge is 0.152 e. The fourth-order valence-electron chi connectivity index (χ4n) is 1.70. The third-order valence-corrected chi connectivity index (χ3v) is 2.81. The van der Waals surface area contributed by atoms with Gasteiger partial charge in [0.25, 0.3) is 0 Å². The van der Waals surface area contributed by atoms with Crippen LogP contribution in [-0.2, 0) is 6.54 Å². The van der Waals surface area contributed by atoms with Crippen LogP contribution in [0.15, 0.2) is 30.3 Å². The molecule has 0 heterocycles. The molecule has 0 saturated carbocycles. The Balaban J connectivity index is 2.21. The number of phenolic OH excluding ortho intramolecular Hbond substituents is 2. The van der Waals surface area contributed by atoms with Crippen LogP contribution in [0.5, 0.6) is 11.5 Å². The summed E-state index contributed by atoms with van der Waals surface area (Å²) < 4.78 is 27.2. The summed E-state index contributed by atoms with van der Waals surface area (Å²) in [5, 5.41) is 21.3. The average molecular weight is 265 g/mol. The molecular formula is C14H13F2NO2. The lowest BCUT2D eigenvalue weighted by Gasteiger charge is -2.11. The molecule has 0 fully saturated rings. The molecule has 0 spiro atoms. The van der Waals surface area contributed by atoms with Crippen molar-refractivity contribution in [3.63, 3.8) is 0 Å². The number of halogens is 2. The van der Waals surface area contributed by atoms with E-state index < -0.39 is 11.6 Å². The zero-order valence-electron chi connectivity index (χ0n) is 10.2. The maximum absolute atomic E-state index is 13.7. The molecule has 0 unspecified atom stereocenters. The van der Waals surface area contributed by atoms with Crippen molar-refractivity contribution in [3.05, 3.63) is 53.1 Å². The van der Waals surface area contributed by atoms with Crippen LogP contribution in [-0.4, -0.2) is 10.2 Å². The molecule has 0 radical (unpaired) electrons. The molecule has 3 N–H and O–H groups in total. The zero-order chi connectivity index (χ0) is 14.0. The first-order valence-corrected chi connectivity index (χ1v) is 5.68. The number of rotatable bonds is 3. The van der Waals surface area contributed by atoms with Gasteiger partial charge in [-0.05, 0) is 30.7 Å². The number of nitrogens with one attached hydrogen (secondary N) is 1. The van der Waals surface area contributed by atoms with Gasteiger partial charge in [-0.3, -0.25) is 0 Å². The van der Waals surface area contributed by atoms with E-state index in [4.69, 9.17) is 5.11 Å². The lowest BCUT2D eigenvalue weighted by Crippen LogP contribution is -2.05. The summed E-state index contributed by atoms with van der Waals surface area (Å²) in [6.45, 7) is 1.58. The maximum Gasteiger partial charge on any atom is 0.152 e. The van der Waals surface area contributed by atoms with Crippen LogP contribution >= 0.6 is 0 Å². The van der Waals surface area contributed by atoms with Gasteiger partial charge < -0.3 is 15.5 Å². The number of hydrogen-bond donors (Lipinski definition) is 3. The molecular weight excluding hydrogens is 252 g/mol. The Morgan fingerprint density at radius 1 is 1.11 bits per heavy atom. The molecule has 0 saturated heterocycles. The first-order valence-electron chi connectivity index (χ1n) is 5.68. The fraction of sp³-hybridized carbons (Fsp3) is 0.143. The number of aromatic hydroxyl groups is 2. The highest BCUT2D eigenvalue weighted by Crippen LogP contribution is 2.26. The van der Waals surface area contributed by atoms with Crippen molar-refractivity contribution in [1.82, 2.24) is 0 Å². The van der Waals surface area contributed by atoms with E-state index >= 15 is 0 Å². The van der Waals surface area contributed by atoms with Crippen molar-refractivity contribution in [1.29, 1.82) is 0 Å². The zero-order valence-corrected chi connectivity index (χ0v) is 10.2. The fourth-order valence-corrected chi connectivity index (χ4v) is 1.70. The van der Waals surface area contributed by atoms with Crippen LogP contribution in [0.1, 0.15) is 11.1 Å². The summed E-state index contributed by atoms with van der Waals surface area (Å²) in [5.74, 6) is -1.56.